The number of nitrogens with one attached hydrogen (secondary N) is 2. The van der Waals surface area contributed by atoms with Gasteiger partial charge >= 0.3 is 6.03 Å². The Bertz CT molecular complexity index is 715. The van der Waals surface area contributed by atoms with Gasteiger partial charge in [0.1, 0.15) is 0 Å². The minimum atomic E-state index is -0.244. The number of nitrogens with zero attached hydrogens (tertiary/aromatic N) is 3. The zero-order chi connectivity index (χ0) is 17.8. The molecule has 1 aromatic carbocycles. The molecule has 2 atom stereocenters. The molecule has 0 saturated carbocycles. The summed E-state index contributed by atoms with van der Waals surface area (Å²) in [6, 6.07) is 6.99. The Labute approximate surface area is 146 Å². The molecular weight excluding hydrogens is 322 g/mol. The van der Waals surface area contributed by atoms with Crippen LogP contribution in [0.15, 0.2) is 28.7 Å². The first-order valence-electron chi connectivity index (χ1n) is 8.33. The number of hydrogen-bond donors (Lipinski definition) is 2. The molecule has 1 saturated heterocycles. The second kappa shape index (κ2) is 7.62. The lowest BCUT2D eigenvalue weighted by Gasteiger charge is -2.20. The lowest BCUT2D eigenvalue weighted by atomic mass is 10.2. The molecule has 25 heavy (non-hydrogen) atoms. The Morgan fingerprint density at radius 1 is 1.32 bits per heavy atom. The first kappa shape index (κ1) is 17.4. The van der Waals surface area contributed by atoms with Crippen molar-refractivity contribution in [1.29, 1.82) is 0 Å². The summed E-state index contributed by atoms with van der Waals surface area (Å²) in [5.41, 5.74) is 1.50. The molecule has 0 spiro atoms. The number of benzene rings is 1. The number of urea groups is 1. The quantitative estimate of drug-likeness (QED) is 0.860. The largest absolute Gasteiger partial charge is 0.421 e. The number of likely N-dealkylation sites (N-methyl/N-ethyl adjacent to an activating group) is 1. The molecule has 1 fully saturated rings. The summed E-state index contributed by atoms with van der Waals surface area (Å²) in [5, 5.41) is 13.6. The molecule has 134 valence electrons. The third kappa shape index (κ3) is 4.34. The summed E-state index contributed by atoms with van der Waals surface area (Å²) in [6.45, 7) is 5.92. The van der Waals surface area contributed by atoms with E-state index in [2.05, 4.69) is 25.7 Å². The van der Waals surface area contributed by atoms with Crippen molar-refractivity contribution in [2.45, 2.75) is 26.0 Å². The first-order valence-corrected chi connectivity index (χ1v) is 8.33. The number of likely N-dealkylation sites (tertiary alicyclic amines) is 1. The average molecular weight is 345 g/mol. The number of ether oxygens (including phenoxy) is 1. The van der Waals surface area contributed by atoms with E-state index >= 15 is 0 Å². The molecule has 1 aliphatic heterocycles. The molecular formula is C17H23N5O3. The van der Waals surface area contributed by atoms with Gasteiger partial charge in [-0.3, -0.25) is 0 Å². The number of aromatic nitrogens is 2. The highest BCUT2D eigenvalue weighted by atomic mass is 16.5. The maximum atomic E-state index is 12.2. The van der Waals surface area contributed by atoms with E-state index in [4.69, 9.17) is 9.15 Å². The van der Waals surface area contributed by atoms with Crippen molar-refractivity contribution in [2.75, 3.05) is 32.1 Å². The molecule has 2 N–H and O–H groups in total. The molecule has 2 unspecified atom stereocenters. The highest BCUT2D eigenvalue weighted by Crippen LogP contribution is 2.20. The van der Waals surface area contributed by atoms with Crippen LogP contribution in [0.5, 0.6) is 0 Å². The van der Waals surface area contributed by atoms with Crippen molar-refractivity contribution in [3.8, 4) is 11.5 Å². The minimum Gasteiger partial charge on any atom is -0.421 e. The molecule has 2 amide bonds. The molecule has 0 aliphatic carbocycles. The van der Waals surface area contributed by atoms with Gasteiger partial charge in [0.2, 0.25) is 11.8 Å². The van der Waals surface area contributed by atoms with Gasteiger partial charge in [0.25, 0.3) is 0 Å². The fourth-order valence-electron chi connectivity index (χ4n) is 2.93. The second-order valence-corrected chi connectivity index (χ2v) is 6.12. The Balaban J connectivity index is 1.57. The molecule has 1 aliphatic rings. The van der Waals surface area contributed by atoms with Gasteiger partial charge in [0.15, 0.2) is 0 Å². The number of amides is 2. The molecule has 2 heterocycles. The molecule has 8 heteroatoms. The van der Waals surface area contributed by atoms with E-state index in [1.54, 1.807) is 19.1 Å². The molecule has 8 nitrogen and oxygen atoms in total. The molecule has 0 radical (unpaired) electrons. The Kier molecular flexibility index (Phi) is 5.30. The minimum absolute atomic E-state index is 0.0175. The maximum Gasteiger partial charge on any atom is 0.319 e. The van der Waals surface area contributed by atoms with Crippen LogP contribution in [0.3, 0.4) is 0 Å². The van der Waals surface area contributed by atoms with Crippen molar-refractivity contribution in [2.24, 2.45) is 0 Å². The third-order valence-corrected chi connectivity index (χ3v) is 4.06. The van der Waals surface area contributed by atoms with Crippen LogP contribution in [0, 0.1) is 6.92 Å². The highest BCUT2D eigenvalue weighted by Gasteiger charge is 2.32. The SMILES string of the molecule is CCOC1CN(C)CC1NC(=O)Nc1ccc(-c2nnc(C)o2)cc1. The number of carbonyl (C=O) groups is 1. The fourth-order valence-corrected chi connectivity index (χ4v) is 2.93. The standard InChI is InChI=1S/C17H23N5O3/c1-4-24-15-10-22(3)9-14(15)19-17(23)18-13-7-5-12(6-8-13)16-21-20-11(2)25-16/h5-8,14-15H,4,9-10H2,1-3H3,(H2,18,19,23). The van der Waals surface area contributed by atoms with Crippen LogP contribution in [0.2, 0.25) is 0 Å². The number of carbonyl (C=O) groups excluding carboxylic acids is 1. The molecule has 1 aromatic heterocycles. The van der Waals surface area contributed by atoms with Crippen molar-refractivity contribution >= 4 is 11.7 Å². The summed E-state index contributed by atoms with van der Waals surface area (Å²) in [4.78, 5) is 14.4. The zero-order valence-electron chi connectivity index (χ0n) is 14.7. The summed E-state index contributed by atoms with van der Waals surface area (Å²) in [5.74, 6) is 0.976. The van der Waals surface area contributed by atoms with Gasteiger partial charge < -0.3 is 24.7 Å². The number of anilines is 1. The van der Waals surface area contributed by atoms with E-state index in [1.165, 1.54) is 0 Å². The van der Waals surface area contributed by atoms with Crippen molar-refractivity contribution in [1.82, 2.24) is 20.4 Å². The fraction of sp³-hybridized carbons (Fsp3) is 0.471. The van der Waals surface area contributed by atoms with Crippen LogP contribution in [0.25, 0.3) is 11.5 Å². The maximum absolute atomic E-state index is 12.2. The van der Waals surface area contributed by atoms with E-state index < -0.39 is 0 Å². The van der Waals surface area contributed by atoms with E-state index in [1.807, 2.05) is 26.1 Å². The Hall–Kier alpha value is -2.45. The topological polar surface area (TPSA) is 92.5 Å². The lowest BCUT2D eigenvalue weighted by molar-refractivity contribution is 0.0568. The smallest absolute Gasteiger partial charge is 0.319 e. The lowest BCUT2D eigenvalue weighted by Crippen LogP contribution is -2.45. The predicted molar refractivity (Wildman–Crippen MR) is 93.3 cm³/mol. The number of aryl methyl sites for hydroxylation is 1. The predicted octanol–water partition coefficient (Wildman–Crippen LogP) is 1.89. The van der Waals surface area contributed by atoms with Gasteiger partial charge in [-0.25, -0.2) is 4.79 Å². The van der Waals surface area contributed by atoms with Crippen LogP contribution >= 0.6 is 0 Å². The normalized spacial score (nSPS) is 20.6. The van der Waals surface area contributed by atoms with Crippen LogP contribution in [-0.4, -0.2) is 60.0 Å². The monoisotopic (exact) mass is 345 g/mol. The van der Waals surface area contributed by atoms with Gasteiger partial charge in [0, 0.05) is 37.9 Å². The second-order valence-electron chi connectivity index (χ2n) is 6.12. The summed E-state index contributed by atoms with van der Waals surface area (Å²) < 4.78 is 11.1. The third-order valence-electron chi connectivity index (χ3n) is 4.06. The highest BCUT2D eigenvalue weighted by molar-refractivity contribution is 5.89. The van der Waals surface area contributed by atoms with Gasteiger partial charge in [0.05, 0.1) is 12.1 Å². The first-order chi connectivity index (χ1) is 12.0. The zero-order valence-corrected chi connectivity index (χ0v) is 14.7. The van der Waals surface area contributed by atoms with E-state index in [9.17, 15) is 4.79 Å². The summed E-state index contributed by atoms with van der Waals surface area (Å²) >= 11 is 0. The van der Waals surface area contributed by atoms with E-state index in [0.29, 0.717) is 24.1 Å². The van der Waals surface area contributed by atoms with Gasteiger partial charge in [-0.15, -0.1) is 10.2 Å². The average Bonchev–Trinajstić information content (AvgIpc) is 3.14. The van der Waals surface area contributed by atoms with E-state index in [0.717, 1.165) is 18.7 Å². The van der Waals surface area contributed by atoms with Crippen molar-refractivity contribution in [3.63, 3.8) is 0 Å². The van der Waals surface area contributed by atoms with Gasteiger partial charge in [-0.1, -0.05) is 0 Å². The summed E-state index contributed by atoms with van der Waals surface area (Å²) in [6.07, 6.45) is 0.0175. The summed E-state index contributed by atoms with van der Waals surface area (Å²) in [7, 11) is 2.02. The number of hydrogen-bond acceptors (Lipinski definition) is 6. The Morgan fingerprint density at radius 2 is 2.08 bits per heavy atom. The van der Waals surface area contributed by atoms with E-state index in [-0.39, 0.29) is 18.2 Å². The molecule has 2 aromatic rings. The van der Waals surface area contributed by atoms with Gasteiger partial charge in [-0.05, 0) is 38.2 Å². The molecule has 0 bridgehead atoms. The van der Waals surface area contributed by atoms with Gasteiger partial charge in [-0.2, -0.15) is 0 Å². The Morgan fingerprint density at radius 3 is 2.72 bits per heavy atom. The number of rotatable bonds is 5. The van der Waals surface area contributed by atoms with Crippen LogP contribution in [0.4, 0.5) is 10.5 Å². The van der Waals surface area contributed by atoms with Crippen LogP contribution < -0.4 is 10.6 Å². The van der Waals surface area contributed by atoms with Crippen molar-refractivity contribution in [3.05, 3.63) is 30.2 Å². The van der Waals surface area contributed by atoms with Crippen LogP contribution in [-0.2, 0) is 4.74 Å². The van der Waals surface area contributed by atoms with Crippen molar-refractivity contribution < 1.29 is 13.9 Å². The van der Waals surface area contributed by atoms with Crippen LogP contribution in [0.1, 0.15) is 12.8 Å². The molecule has 3 rings (SSSR count).